The molecule has 0 bridgehead atoms. The summed E-state index contributed by atoms with van der Waals surface area (Å²) in [6, 6.07) is 6.60. The minimum absolute atomic E-state index is 0.0869. The summed E-state index contributed by atoms with van der Waals surface area (Å²) < 4.78 is 4.92. The Bertz CT molecular complexity index is 491. The monoisotopic (exact) mass is 204 g/mol. The number of aromatic nitrogens is 1. The molecule has 15 heavy (non-hydrogen) atoms. The largest absolute Gasteiger partial charge is 0.356 e. The summed E-state index contributed by atoms with van der Waals surface area (Å²) in [4.78, 5) is 10.3. The molecule has 0 unspecified atom stereocenters. The van der Waals surface area contributed by atoms with Crippen LogP contribution in [0.25, 0.3) is 11.3 Å². The van der Waals surface area contributed by atoms with Crippen LogP contribution in [-0.4, -0.2) is 10.1 Å². The van der Waals surface area contributed by atoms with Gasteiger partial charge in [-0.25, -0.2) is 0 Å². The van der Waals surface area contributed by atoms with Crippen molar-refractivity contribution in [3.8, 4) is 11.3 Å². The molecule has 0 aliphatic heterocycles. The molecule has 0 amide bonds. The van der Waals surface area contributed by atoms with Crippen LogP contribution in [0.2, 0.25) is 0 Å². The van der Waals surface area contributed by atoms with E-state index in [0.29, 0.717) is 16.9 Å². The number of nitro benzene ring substituents is 1. The van der Waals surface area contributed by atoms with Crippen molar-refractivity contribution in [3.05, 3.63) is 46.1 Å². The number of hydrogen-bond acceptors (Lipinski definition) is 4. The van der Waals surface area contributed by atoms with E-state index in [0.717, 1.165) is 0 Å². The highest BCUT2D eigenvalue weighted by Gasteiger charge is 2.12. The smallest absolute Gasteiger partial charge is 0.273 e. The van der Waals surface area contributed by atoms with Crippen LogP contribution in [-0.2, 0) is 0 Å². The molecule has 0 saturated carbocycles. The molecule has 1 heterocycles. The van der Waals surface area contributed by atoms with Crippen molar-refractivity contribution < 1.29 is 9.45 Å². The number of aryl methyl sites for hydroxylation is 1. The van der Waals surface area contributed by atoms with Crippen molar-refractivity contribution in [2.75, 3.05) is 0 Å². The molecule has 0 spiro atoms. The zero-order valence-corrected chi connectivity index (χ0v) is 8.01. The third-order valence-corrected chi connectivity index (χ3v) is 2.13. The number of nitro groups is 1. The minimum atomic E-state index is -0.408. The Morgan fingerprint density at radius 3 is 2.80 bits per heavy atom. The second-order valence-corrected chi connectivity index (χ2v) is 3.14. The van der Waals surface area contributed by atoms with Gasteiger partial charge in [0.05, 0.1) is 11.1 Å². The second kappa shape index (κ2) is 3.53. The molecule has 2 rings (SSSR count). The lowest BCUT2D eigenvalue weighted by Crippen LogP contribution is -1.91. The number of benzene rings is 1. The van der Waals surface area contributed by atoms with E-state index in [1.54, 1.807) is 25.1 Å². The lowest BCUT2D eigenvalue weighted by Gasteiger charge is -1.99. The number of rotatable bonds is 2. The molecular formula is C10H8N2O3. The van der Waals surface area contributed by atoms with Gasteiger partial charge in [0.25, 0.3) is 5.69 Å². The van der Waals surface area contributed by atoms with Crippen molar-refractivity contribution in [1.29, 1.82) is 0 Å². The van der Waals surface area contributed by atoms with E-state index < -0.39 is 4.92 Å². The summed E-state index contributed by atoms with van der Waals surface area (Å²) >= 11 is 0. The fourth-order valence-electron chi connectivity index (χ4n) is 1.32. The average Bonchev–Trinajstić information content (AvgIpc) is 2.71. The van der Waals surface area contributed by atoms with E-state index in [9.17, 15) is 10.1 Å². The molecule has 0 radical (unpaired) electrons. The molecule has 0 aliphatic rings. The summed E-state index contributed by atoms with van der Waals surface area (Å²) in [7, 11) is 0. The average molecular weight is 204 g/mol. The first-order chi connectivity index (χ1) is 7.18. The van der Waals surface area contributed by atoms with Gasteiger partial charge in [0.2, 0.25) is 0 Å². The van der Waals surface area contributed by atoms with Crippen LogP contribution in [0.3, 0.4) is 0 Å². The number of nitrogens with zero attached hydrogens (tertiary/aromatic N) is 2. The van der Waals surface area contributed by atoms with Gasteiger partial charge in [0.1, 0.15) is 0 Å². The van der Waals surface area contributed by atoms with Gasteiger partial charge in [-0.05, 0) is 6.92 Å². The molecule has 76 valence electrons. The Hall–Kier alpha value is -2.17. The molecule has 0 N–H and O–H groups in total. The van der Waals surface area contributed by atoms with Gasteiger partial charge in [-0.3, -0.25) is 10.1 Å². The third kappa shape index (κ3) is 1.71. The van der Waals surface area contributed by atoms with Gasteiger partial charge in [-0.1, -0.05) is 17.3 Å². The molecule has 0 saturated heterocycles. The summed E-state index contributed by atoms with van der Waals surface area (Å²) in [5.41, 5.74) is 1.37. The summed E-state index contributed by atoms with van der Waals surface area (Å²) in [6.45, 7) is 1.70. The molecular weight excluding hydrogens is 196 g/mol. The molecule has 0 atom stereocenters. The van der Waals surface area contributed by atoms with E-state index in [1.807, 2.05) is 0 Å². The summed E-state index contributed by atoms with van der Waals surface area (Å²) in [5, 5.41) is 14.3. The highest BCUT2D eigenvalue weighted by atomic mass is 16.6. The molecule has 0 fully saturated rings. The van der Waals surface area contributed by atoms with E-state index in [2.05, 4.69) is 5.16 Å². The number of hydrogen-bond donors (Lipinski definition) is 0. The van der Waals surface area contributed by atoms with Gasteiger partial charge >= 0.3 is 0 Å². The van der Waals surface area contributed by atoms with Crippen LogP contribution in [0.5, 0.6) is 0 Å². The lowest BCUT2D eigenvalue weighted by atomic mass is 10.1. The summed E-state index contributed by atoms with van der Waals surface area (Å²) in [6.07, 6.45) is 1.50. The molecule has 0 aliphatic carbocycles. The third-order valence-electron chi connectivity index (χ3n) is 2.13. The van der Waals surface area contributed by atoms with Gasteiger partial charge in [-0.15, -0.1) is 0 Å². The van der Waals surface area contributed by atoms with Crippen LogP contribution in [0.1, 0.15) is 5.56 Å². The maximum absolute atomic E-state index is 10.7. The molecule has 2 aromatic rings. The van der Waals surface area contributed by atoms with Crippen LogP contribution in [0, 0.1) is 17.0 Å². The Morgan fingerprint density at radius 2 is 2.20 bits per heavy atom. The Labute approximate surface area is 85.5 Å². The first-order valence-corrected chi connectivity index (χ1v) is 4.34. The fraction of sp³-hybridized carbons (Fsp3) is 0.100. The van der Waals surface area contributed by atoms with Crippen LogP contribution < -0.4 is 0 Å². The van der Waals surface area contributed by atoms with Crippen LogP contribution in [0.15, 0.2) is 35.0 Å². The maximum Gasteiger partial charge on any atom is 0.273 e. The normalized spacial score (nSPS) is 10.2. The van der Waals surface area contributed by atoms with Crippen molar-refractivity contribution in [3.63, 3.8) is 0 Å². The zero-order valence-electron chi connectivity index (χ0n) is 8.01. The van der Waals surface area contributed by atoms with Gasteiger partial charge in [0.15, 0.2) is 5.76 Å². The van der Waals surface area contributed by atoms with Gasteiger partial charge in [0, 0.05) is 23.3 Å². The Morgan fingerprint density at radius 1 is 1.40 bits per heavy atom. The molecule has 5 heteroatoms. The molecule has 1 aromatic heterocycles. The van der Waals surface area contributed by atoms with Crippen molar-refractivity contribution in [1.82, 2.24) is 5.16 Å². The quantitative estimate of drug-likeness (QED) is 0.556. The topological polar surface area (TPSA) is 69.2 Å². The van der Waals surface area contributed by atoms with E-state index >= 15 is 0 Å². The van der Waals surface area contributed by atoms with Crippen LogP contribution >= 0.6 is 0 Å². The maximum atomic E-state index is 10.7. The predicted molar refractivity (Wildman–Crippen MR) is 53.3 cm³/mol. The minimum Gasteiger partial charge on any atom is -0.356 e. The van der Waals surface area contributed by atoms with Crippen molar-refractivity contribution in [2.45, 2.75) is 6.92 Å². The Kier molecular flexibility index (Phi) is 2.21. The second-order valence-electron chi connectivity index (χ2n) is 3.14. The zero-order chi connectivity index (χ0) is 10.8. The SMILES string of the molecule is Cc1ccc(-c2ccno2)cc1[N+](=O)[O-]. The lowest BCUT2D eigenvalue weighted by molar-refractivity contribution is -0.385. The standard InChI is InChI=1S/C10H8N2O3/c1-7-2-3-8(6-9(7)12(13)14)10-4-5-11-15-10/h2-6H,1H3. The highest BCUT2D eigenvalue weighted by Crippen LogP contribution is 2.26. The van der Waals surface area contributed by atoms with Gasteiger partial charge < -0.3 is 4.52 Å². The predicted octanol–water partition coefficient (Wildman–Crippen LogP) is 2.56. The van der Waals surface area contributed by atoms with Gasteiger partial charge in [-0.2, -0.15) is 0 Å². The van der Waals surface area contributed by atoms with Crippen molar-refractivity contribution >= 4 is 5.69 Å². The van der Waals surface area contributed by atoms with E-state index in [1.165, 1.54) is 12.3 Å². The highest BCUT2D eigenvalue weighted by molar-refractivity contribution is 5.62. The van der Waals surface area contributed by atoms with E-state index in [4.69, 9.17) is 4.52 Å². The van der Waals surface area contributed by atoms with Crippen molar-refractivity contribution in [2.24, 2.45) is 0 Å². The van der Waals surface area contributed by atoms with E-state index in [-0.39, 0.29) is 5.69 Å². The molecule has 1 aromatic carbocycles. The van der Waals surface area contributed by atoms with Crippen LogP contribution in [0.4, 0.5) is 5.69 Å². The fourth-order valence-corrected chi connectivity index (χ4v) is 1.32. The first kappa shape index (κ1) is 9.39. The Balaban J connectivity index is 2.52. The summed E-state index contributed by atoms with van der Waals surface area (Å²) in [5.74, 6) is 0.526. The first-order valence-electron chi connectivity index (χ1n) is 4.34. The molecule has 5 nitrogen and oxygen atoms in total.